The van der Waals surface area contributed by atoms with Crippen LogP contribution in [0, 0.1) is 0 Å². The van der Waals surface area contributed by atoms with Gasteiger partial charge in [-0.1, -0.05) is 6.92 Å². The number of nitrogens with one attached hydrogen (secondary N) is 1. The molecular weight excluding hydrogens is 178 g/mol. The molecule has 0 aromatic heterocycles. The minimum Gasteiger partial charge on any atom is -0.497 e. The third-order valence-corrected chi connectivity index (χ3v) is 1.97. The highest BCUT2D eigenvalue weighted by molar-refractivity contribution is 5.59. The van der Waals surface area contributed by atoms with Gasteiger partial charge in [-0.05, 0) is 18.6 Å². The number of ether oxygens (including phenoxy) is 2. The van der Waals surface area contributed by atoms with Crippen LogP contribution in [-0.2, 0) is 0 Å². The molecular formula is C11H17NO2. The SMILES string of the molecule is CCCNc1ccc(OC)cc1OC. The van der Waals surface area contributed by atoms with Gasteiger partial charge < -0.3 is 14.8 Å². The fraction of sp³-hybridized carbons (Fsp3) is 0.455. The summed E-state index contributed by atoms with van der Waals surface area (Å²) in [5, 5.41) is 3.28. The number of anilines is 1. The lowest BCUT2D eigenvalue weighted by Crippen LogP contribution is -2.01. The predicted octanol–water partition coefficient (Wildman–Crippen LogP) is 2.53. The van der Waals surface area contributed by atoms with Crippen LogP contribution < -0.4 is 14.8 Å². The molecule has 0 saturated heterocycles. The van der Waals surface area contributed by atoms with Crippen molar-refractivity contribution < 1.29 is 9.47 Å². The van der Waals surface area contributed by atoms with Crippen LogP contribution in [0.25, 0.3) is 0 Å². The summed E-state index contributed by atoms with van der Waals surface area (Å²) in [7, 11) is 3.31. The fourth-order valence-corrected chi connectivity index (χ4v) is 1.20. The summed E-state index contributed by atoms with van der Waals surface area (Å²) >= 11 is 0. The molecule has 0 fully saturated rings. The van der Waals surface area contributed by atoms with Crippen LogP contribution in [0.3, 0.4) is 0 Å². The molecule has 0 bridgehead atoms. The van der Waals surface area contributed by atoms with E-state index in [0.717, 1.165) is 30.2 Å². The second-order valence-corrected chi connectivity index (χ2v) is 2.99. The molecule has 0 aliphatic rings. The van der Waals surface area contributed by atoms with Crippen molar-refractivity contribution in [2.24, 2.45) is 0 Å². The topological polar surface area (TPSA) is 30.5 Å². The molecule has 3 heteroatoms. The van der Waals surface area contributed by atoms with Crippen LogP contribution in [0.1, 0.15) is 13.3 Å². The Morgan fingerprint density at radius 2 is 2.00 bits per heavy atom. The highest BCUT2D eigenvalue weighted by Crippen LogP contribution is 2.28. The van der Waals surface area contributed by atoms with Crippen molar-refractivity contribution in [1.82, 2.24) is 0 Å². The molecule has 0 amide bonds. The molecule has 0 aliphatic carbocycles. The maximum Gasteiger partial charge on any atom is 0.145 e. The Labute approximate surface area is 85.0 Å². The van der Waals surface area contributed by atoms with E-state index in [1.807, 2.05) is 18.2 Å². The number of hydrogen-bond donors (Lipinski definition) is 1. The van der Waals surface area contributed by atoms with Crippen molar-refractivity contribution in [1.29, 1.82) is 0 Å². The first-order chi connectivity index (χ1) is 6.81. The smallest absolute Gasteiger partial charge is 0.145 e. The van der Waals surface area contributed by atoms with Crippen molar-refractivity contribution in [3.63, 3.8) is 0 Å². The number of hydrogen-bond acceptors (Lipinski definition) is 3. The van der Waals surface area contributed by atoms with Crippen LogP contribution >= 0.6 is 0 Å². The normalized spacial score (nSPS) is 9.64. The van der Waals surface area contributed by atoms with Gasteiger partial charge in [0.05, 0.1) is 19.9 Å². The quantitative estimate of drug-likeness (QED) is 0.783. The molecule has 0 saturated carbocycles. The lowest BCUT2D eigenvalue weighted by Gasteiger charge is -2.11. The molecule has 0 aliphatic heterocycles. The second kappa shape index (κ2) is 5.37. The molecule has 1 aromatic carbocycles. The Morgan fingerprint density at radius 1 is 1.21 bits per heavy atom. The molecule has 14 heavy (non-hydrogen) atoms. The van der Waals surface area contributed by atoms with Gasteiger partial charge in [-0.2, -0.15) is 0 Å². The fourth-order valence-electron chi connectivity index (χ4n) is 1.20. The van der Waals surface area contributed by atoms with Crippen molar-refractivity contribution in [2.45, 2.75) is 13.3 Å². The van der Waals surface area contributed by atoms with E-state index in [1.54, 1.807) is 14.2 Å². The zero-order valence-electron chi connectivity index (χ0n) is 8.96. The molecule has 1 aromatic rings. The summed E-state index contributed by atoms with van der Waals surface area (Å²) in [5.74, 6) is 1.63. The lowest BCUT2D eigenvalue weighted by atomic mass is 10.2. The van der Waals surface area contributed by atoms with Gasteiger partial charge in [-0.15, -0.1) is 0 Å². The Hall–Kier alpha value is -1.38. The molecule has 3 nitrogen and oxygen atoms in total. The maximum atomic E-state index is 5.24. The molecule has 0 radical (unpaired) electrons. The average Bonchev–Trinajstić information content (AvgIpc) is 2.26. The van der Waals surface area contributed by atoms with E-state index < -0.39 is 0 Å². The van der Waals surface area contributed by atoms with Crippen LogP contribution in [0.5, 0.6) is 11.5 Å². The molecule has 0 unspecified atom stereocenters. The van der Waals surface area contributed by atoms with Gasteiger partial charge in [0.2, 0.25) is 0 Å². The first-order valence-electron chi connectivity index (χ1n) is 4.77. The van der Waals surface area contributed by atoms with Gasteiger partial charge in [0.1, 0.15) is 11.5 Å². The number of rotatable bonds is 5. The molecule has 78 valence electrons. The van der Waals surface area contributed by atoms with Gasteiger partial charge in [0.15, 0.2) is 0 Å². The minimum atomic E-state index is 0.809. The zero-order valence-corrected chi connectivity index (χ0v) is 8.96. The summed E-state index contributed by atoms with van der Waals surface area (Å²) in [6.07, 6.45) is 1.09. The minimum absolute atomic E-state index is 0.809. The van der Waals surface area contributed by atoms with Crippen molar-refractivity contribution >= 4 is 5.69 Å². The van der Waals surface area contributed by atoms with Crippen molar-refractivity contribution in [3.05, 3.63) is 18.2 Å². The van der Waals surface area contributed by atoms with Crippen LogP contribution in [0.2, 0.25) is 0 Å². The zero-order chi connectivity index (χ0) is 10.4. The Balaban J connectivity index is 2.82. The molecule has 0 heterocycles. The highest BCUT2D eigenvalue weighted by Gasteiger charge is 2.03. The maximum absolute atomic E-state index is 5.24. The highest BCUT2D eigenvalue weighted by atomic mass is 16.5. The van der Waals surface area contributed by atoms with Crippen molar-refractivity contribution in [3.8, 4) is 11.5 Å². The summed E-state index contributed by atoms with van der Waals surface area (Å²) in [6.45, 7) is 3.08. The van der Waals surface area contributed by atoms with Gasteiger partial charge >= 0.3 is 0 Å². The number of benzene rings is 1. The third-order valence-electron chi connectivity index (χ3n) is 1.97. The van der Waals surface area contributed by atoms with E-state index in [1.165, 1.54) is 0 Å². The standard InChI is InChI=1S/C11H17NO2/c1-4-7-12-10-6-5-9(13-2)8-11(10)14-3/h5-6,8,12H,4,7H2,1-3H3. The van der Waals surface area contributed by atoms with E-state index in [-0.39, 0.29) is 0 Å². The molecule has 0 atom stereocenters. The number of methoxy groups -OCH3 is 2. The summed E-state index contributed by atoms with van der Waals surface area (Å²) in [4.78, 5) is 0. The van der Waals surface area contributed by atoms with E-state index in [0.29, 0.717) is 0 Å². The van der Waals surface area contributed by atoms with Crippen LogP contribution in [0.4, 0.5) is 5.69 Å². The van der Waals surface area contributed by atoms with Crippen molar-refractivity contribution in [2.75, 3.05) is 26.1 Å². The van der Waals surface area contributed by atoms with E-state index in [4.69, 9.17) is 9.47 Å². The third kappa shape index (κ3) is 2.55. The largest absolute Gasteiger partial charge is 0.497 e. The molecule has 0 spiro atoms. The lowest BCUT2D eigenvalue weighted by molar-refractivity contribution is 0.395. The van der Waals surface area contributed by atoms with Gasteiger partial charge in [0, 0.05) is 12.6 Å². The van der Waals surface area contributed by atoms with E-state index in [2.05, 4.69) is 12.2 Å². The monoisotopic (exact) mass is 195 g/mol. The van der Waals surface area contributed by atoms with E-state index in [9.17, 15) is 0 Å². The van der Waals surface area contributed by atoms with Crippen LogP contribution in [0.15, 0.2) is 18.2 Å². The molecule has 1 N–H and O–H groups in total. The second-order valence-electron chi connectivity index (χ2n) is 2.99. The Bertz CT molecular complexity index is 287. The summed E-state index contributed by atoms with van der Waals surface area (Å²) < 4.78 is 10.4. The summed E-state index contributed by atoms with van der Waals surface area (Å²) in [5.41, 5.74) is 1.01. The average molecular weight is 195 g/mol. The first kappa shape index (κ1) is 10.7. The first-order valence-corrected chi connectivity index (χ1v) is 4.77. The van der Waals surface area contributed by atoms with Crippen LogP contribution in [-0.4, -0.2) is 20.8 Å². The predicted molar refractivity (Wildman–Crippen MR) is 58.3 cm³/mol. The molecule has 1 rings (SSSR count). The van der Waals surface area contributed by atoms with E-state index >= 15 is 0 Å². The van der Waals surface area contributed by atoms with Gasteiger partial charge in [-0.3, -0.25) is 0 Å². The van der Waals surface area contributed by atoms with Gasteiger partial charge in [0.25, 0.3) is 0 Å². The summed E-state index contributed by atoms with van der Waals surface area (Å²) in [6, 6.07) is 5.76. The van der Waals surface area contributed by atoms with Gasteiger partial charge in [-0.25, -0.2) is 0 Å². The Morgan fingerprint density at radius 3 is 2.57 bits per heavy atom. The Kier molecular flexibility index (Phi) is 4.11.